The lowest BCUT2D eigenvalue weighted by Gasteiger charge is -2.28. The summed E-state index contributed by atoms with van der Waals surface area (Å²) >= 11 is 0. The molecular weight excluding hydrogens is 400 g/mol. The van der Waals surface area contributed by atoms with Crippen LogP contribution in [0, 0.1) is 0 Å². The summed E-state index contributed by atoms with van der Waals surface area (Å²) in [7, 11) is 0. The van der Waals surface area contributed by atoms with Gasteiger partial charge in [0.05, 0.1) is 6.04 Å². The van der Waals surface area contributed by atoms with Crippen molar-refractivity contribution in [2.75, 3.05) is 0 Å². The molecule has 0 unspecified atom stereocenters. The van der Waals surface area contributed by atoms with E-state index in [2.05, 4.69) is 17.2 Å². The summed E-state index contributed by atoms with van der Waals surface area (Å²) in [5.74, 6) is -1.35. The maximum Gasteiger partial charge on any atom is 0.408 e. The average Bonchev–Trinajstić information content (AvgIpc) is 2.75. The van der Waals surface area contributed by atoms with E-state index < -0.39 is 35.8 Å². The Morgan fingerprint density at radius 2 is 1.58 bits per heavy atom. The van der Waals surface area contributed by atoms with E-state index in [9.17, 15) is 19.5 Å². The summed E-state index contributed by atoms with van der Waals surface area (Å²) in [5, 5.41) is 14.6. The van der Waals surface area contributed by atoms with E-state index in [1.54, 1.807) is 68.4 Å². The number of carboxylic acid groups (broad SMARTS) is 1. The molecule has 3 N–H and O–H groups in total. The first kappa shape index (κ1) is 23.5. The van der Waals surface area contributed by atoms with Crippen LogP contribution in [0.2, 0.25) is 0 Å². The Morgan fingerprint density at radius 1 is 1.00 bits per heavy atom. The summed E-state index contributed by atoms with van der Waals surface area (Å²) < 4.78 is 10.4. The van der Waals surface area contributed by atoms with Crippen LogP contribution in [0.25, 0.3) is 0 Å². The van der Waals surface area contributed by atoms with Crippen LogP contribution in [0.4, 0.5) is 9.59 Å². The molecule has 0 aliphatic carbocycles. The molecule has 0 heterocycles. The van der Waals surface area contributed by atoms with E-state index in [1.807, 2.05) is 6.07 Å². The van der Waals surface area contributed by atoms with Gasteiger partial charge in [-0.1, -0.05) is 67.2 Å². The van der Waals surface area contributed by atoms with Crippen molar-refractivity contribution in [2.24, 2.45) is 0 Å². The molecule has 0 bridgehead atoms. The molecule has 31 heavy (non-hydrogen) atoms. The van der Waals surface area contributed by atoms with Gasteiger partial charge in [0.1, 0.15) is 12.2 Å². The van der Waals surface area contributed by atoms with Crippen LogP contribution in [-0.2, 0) is 20.9 Å². The molecule has 0 saturated carbocycles. The monoisotopic (exact) mass is 426 g/mol. The Morgan fingerprint density at radius 3 is 2.13 bits per heavy atom. The number of ether oxygens (including phenoxy) is 2. The Kier molecular flexibility index (Phi) is 8.19. The third kappa shape index (κ3) is 7.50. The van der Waals surface area contributed by atoms with E-state index in [0.29, 0.717) is 5.56 Å². The Balaban J connectivity index is 2.17. The molecule has 2 atom stereocenters. The van der Waals surface area contributed by atoms with Crippen LogP contribution >= 0.6 is 0 Å². The molecule has 0 radical (unpaired) electrons. The van der Waals surface area contributed by atoms with E-state index in [-0.39, 0.29) is 6.61 Å². The molecule has 0 aliphatic rings. The third-order valence-corrected chi connectivity index (χ3v) is 4.36. The number of hydrogen-bond acceptors (Lipinski definition) is 5. The topological polar surface area (TPSA) is 114 Å². The lowest BCUT2D eigenvalue weighted by Crippen LogP contribution is -2.51. The zero-order valence-electron chi connectivity index (χ0n) is 17.4. The largest absolute Gasteiger partial charge is 0.480 e. The molecule has 2 aromatic rings. The molecule has 2 rings (SSSR count). The predicted octanol–water partition coefficient (Wildman–Crippen LogP) is 3.80. The summed E-state index contributed by atoms with van der Waals surface area (Å²) in [6, 6.07) is 14.7. The smallest absolute Gasteiger partial charge is 0.408 e. The van der Waals surface area contributed by atoms with Crippen LogP contribution in [0.5, 0.6) is 0 Å². The molecule has 2 amide bonds. The maximum atomic E-state index is 12.4. The van der Waals surface area contributed by atoms with Crippen molar-refractivity contribution in [1.29, 1.82) is 0 Å². The second-order valence-corrected chi connectivity index (χ2v) is 7.25. The van der Waals surface area contributed by atoms with Crippen molar-refractivity contribution >= 4 is 18.2 Å². The summed E-state index contributed by atoms with van der Waals surface area (Å²) in [4.78, 5) is 36.6. The van der Waals surface area contributed by atoms with Gasteiger partial charge >= 0.3 is 18.2 Å². The zero-order valence-corrected chi connectivity index (χ0v) is 17.4. The Bertz CT molecular complexity index is 899. The second kappa shape index (κ2) is 10.8. The Labute approximate surface area is 180 Å². The van der Waals surface area contributed by atoms with Gasteiger partial charge in [-0.25, -0.2) is 14.4 Å². The minimum absolute atomic E-state index is 0.0298. The number of aliphatic carboxylic acids is 1. The number of benzene rings is 2. The number of carbonyl (C=O) groups is 3. The lowest BCUT2D eigenvalue weighted by atomic mass is 9.99. The van der Waals surface area contributed by atoms with Crippen molar-refractivity contribution in [3.8, 4) is 0 Å². The number of nitrogens with one attached hydrogen (secondary N) is 2. The van der Waals surface area contributed by atoms with E-state index in [0.717, 1.165) is 5.56 Å². The van der Waals surface area contributed by atoms with E-state index >= 15 is 0 Å². The van der Waals surface area contributed by atoms with Gasteiger partial charge < -0.3 is 25.2 Å². The van der Waals surface area contributed by atoms with Gasteiger partial charge in [-0.15, -0.1) is 0 Å². The maximum absolute atomic E-state index is 12.4. The first-order valence-electron chi connectivity index (χ1n) is 9.60. The summed E-state index contributed by atoms with van der Waals surface area (Å²) in [5.41, 5.74) is 0.246. The molecule has 0 aromatic heterocycles. The van der Waals surface area contributed by atoms with Crippen molar-refractivity contribution in [2.45, 2.75) is 38.1 Å². The Hall–Kier alpha value is -3.81. The fourth-order valence-corrected chi connectivity index (χ4v) is 2.64. The number of alkyl carbamates (subject to hydrolysis) is 2. The summed E-state index contributed by atoms with van der Waals surface area (Å²) in [6.45, 7) is 6.83. The quantitative estimate of drug-likeness (QED) is 0.526. The SMILES string of the molecule is C=CC(C)(C)OC(=O)N[C@H](c1ccccc1)[C@H](NC(=O)OCc1ccccc1)C(=O)O. The molecule has 0 saturated heterocycles. The minimum Gasteiger partial charge on any atom is -0.480 e. The number of hydrogen-bond donors (Lipinski definition) is 3. The number of rotatable bonds is 9. The van der Waals surface area contributed by atoms with Crippen LogP contribution in [0.1, 0.15) is 31.0 Å². The van der Waals surface area contributed by atoms with Crippen LogP contribution < -0.4 is 10.6 Å². The average molecular weight is 426 g/mol. The van der Waals surface area contributed by atoms with E-state index in [4.69, 9.17) is 9.47 Å². The standard InChI is InChI=1S/C23H26N2O6/c1-4-23(2,3)31-22(29)24-18(17-13-9-6-10-14-17)19(20(26)27)25-21(28)30-15-16-11-7-5-8-12-16/h4-14,18-19H,1,15H2,2-3H3,(H,24,29)(H,25,28)(H,26,27)/t18-,19+/m1/s1. The molecule has 2 aromatic carbocycles. The van der Waals surface area contributed by atoms with E-state index in [1.165, 1.54) is 6.08 Å². The van der Waals surface area contributed by atoms with Gasteiger partial charge in [-0.2, -0.15) is 0 Å². The zero-order chi connectivity index (χ0) is 22.9. The highest BCUT2D eigenvalue weighted by atomic mass is 16.6. The number of amides is 2. The first-order valence-corrected chi connectivity index (χ1v) is 9.60. The first-order chi connectivity index (χ1) is 14.7. The fraction of sp³-hybridized carbons (Fsp3) is 0.261. The molecule has 8 nitrogen and oxygen atoms in total. The second-order valence-electron chi connectivity index (χ2n) is 7.25. The van der Waals surface area contributed by atoms with Crippen molar-refractivity contribution < 1.29 is 29.0 Å². The van der Waals surface area contributed by atoms with Gasteiger partial charge in [0, 0.05) is 0 Å². The molecule has 0 aliphatic heterocycles. The van der Waals surface area contributed by atoms with Crippen LogP contribution in [0.15, 0.2) is 73.3 Å². The number of carbonyl (C=O) groups excluding carboxylic acids is 2. The van der Waals surface area contributed by atoms with Gasteiger partial charge in [0.25, 0.3) is 0 Å². The molecule has 0 spiro atoms. The normalized spacial score (nSPS) is 12.7. The van der Waals surface area contributed by atoms with Crippen molar-refractivity contribution in [1.82, 2.24) is 10.6 Å². The third-order valence-electron chi connectivity index (χ3n) is 4.36. The fourth-order valence-electron chi connectivity index (χ4n) is 2.64. The van der Waals surface area contributed by atoms with Gasteiger partial charge in [-0.3, -0.25) is 0 Å². The highest BCUT2D eigenvalue weighted by Gasteiger charge is 2.34. The lowest BCUT2D eigenvalue weighted by molar-refractivity contribution is -0.140. The predicted molar refractivity (Wildman–Crippen MR) is 114 cm³/mol. The molecular formula is C23H26N2O6. The van der Waals surface area contributed by atoms with Gasteiger partial charge in [-0.05, 0) is 31.1 Å². The highest BCUT2D eigenvalue weighted by molar-refractivity contribution is 5.82. The minimum atomic E-state index is -1.51. The highest BCUT2D eigenvalue weighted by Crippen LogP contribution is 2.19. The van der Waals surface area contributed by atoms with Crippen LogP contribution in [-0.4, -0.2) is 34.9 Å². The van der Waals surface area contributed by atoms with Crippen molar-refractivity contribution in [3.05, 3.63) is 84.4 Å². The van der Waals surface area contributed by atoms with Gasteiger partial charge in [0.15, 0.2) is 6.04 Å². The molecule has 0 fully saturated rings. The van der Waals surface area contributed by atoms with Crippen molar-refractivity contribution in [3.63, 3.8) is 0 Å². The molecule has 164 valence electrons. The molecule has 8 heteroatoms. The van der Waals surface area contributed by atoms with Crippen LogP contribution in [0.3, 0.4) is 0 Å². The number of carboxylic acids is 1. The summed E-state index contributed by atoms with van der Waals surface area (Å²) in [6.07, 6.45) is -0.346. The van der Waals surface area contributed by atoms with Gasteiger partial charge in [0.2, 0.25) is 0 Å².